The van der Waals surface area contributed by atoms with Crippen molar-refractivity contribution in [2.75, 3.05) is 0 Å². The van der Waals surface area contributed by atoms with E-state index in [1.165, 1.54) is 132 Å². The average molecular weight is 815 g/mol. The van der Waals surface area contributed by atoms with Gasteiger partial charge in [0.2, 0.25) is 0 Å². The molecule has 0 heterocycles. The second kappa shape index (κ2) is 17.4. The van der Waals surface area contributed by atoms with Crippen LogP contribution in [0, 0.1) is 34.6 Å². The summed E-state index contributed by atoms with van der Waals surface area (Å²) in [7, 11) is -1.17. The topological polar surface area (TPSA) is 40.5 Å². The third kappa shape index (κ3) is 7.65. The molecule has 0 atom stereocenters. The Bertz CT molecular complexity index is 3510. The first-order valence-corrected chi connectivity index (χ1v) is 21.9. The highest BCUT2D eigenvalue weighted by Crippen LogP contribution is 2.38. The van der Waals surface area contributed by atoms with Crippen LogP contribution in [0.25, 0.3) is 97.0 Å². The van der Waals surface area contributed by atoms with Crippen LogP contribution in [-0.2, 0) is 0 Å². The van der Waals surface area contributed by atoms with Crippen molar-refractivity contribution in [3.05, 3.63) is 216 Å². The van der Waals surface area contributed by atoms with Crippen LogP contribution in [0.3, 0.4) is 0 Å². The molecule has 0 saturated carbocycles. The number of hydrogen-bond donors (Lipinski definition) is 2. The van der Waals surface area contributed by atoms with Crippen molar-refractivity contribution >= 4 is 104 Å². The van der Waals surface area contributed by atoms with E-state index in [1.54, 1.807) is 0 Å². The minimum atomic E-state index is -1.17. The molecule has 0 saturated heterocycles. The van der Waals surface area contributed by atoms with E-state index in [2.05, 4.69) is 223 Å². The SMILES string of the molecule is CB(O)O.Cc1c2ccccc2c(C)c2c1ccc1ccccc12.Cc1c2ccccc2c(C)c2c1ccc1ccccc12.Cc1c2ccccc2cc2c1ccc1ccccc12. The summed E-state index contributed by atoms with van der Waals surface area (Å²) in [5.74, 6) is 0. The van der Waals surface area contributed by atoms with Crippen LogP contribution in [0.2, 0.25) is 6.82 Å². The van der Waals surface area contributed by atoms with Crippen LogP contribution < -0.4 is 0 Å². The lowest BCUT2D eigenvalue weighted by molar-refractivity contribution is 0.417. The highest BCUT2D eigenvalue weighted by molar-refractivity contribution is 6.39. The van der Waals surface area contributed by atoms with E-state index >= 15 is 0 Å². The van der Waals surface area contributed by atoms with Crippen LogP contribution in [0.1, 0.15) is 27.8 Å². The molecule has 0 unspecified atom stereocenters. The molecule has 306 valence electrons. The molecule has 2 nitrogen and oxygen atoms in total. The molecule has 12 rings (SSSR count). The van der Waals surface area contributed by atoms with Crippen LogP contribution >= 0.6 is 0 Å². The molecule has 3 heteroatoms. The van der Waals surface area contributed by atoms with E-state index in [-0.39, 0.29) is 0 Å². The average Bonchev–Trinajstić information content (AvgIpc) is 3.32. The van der Waals surface area contributed by atoms with Crippen LogP contribution in [0.5, 0.6) is 0 Å². The summed E-state index contributed by atoms with van der Waals surface area (Å²) >= 11 is 0. The van der Waals surface area contributed by atoms with Gasteiger partial charge in [0.1, 0.15) is 0 Å². The quantitative estimate of drug-likeness (QED) is 0.0909. The Morgan fingerprint density at radius 3 is 0.952 bits per heavy atom. The molecule has 0 bridgehead atoms. The fourth-order valence-corrected chi connectivity index (χ4v) is 9.85. The number of rotatable bonds is 0. The molecule has 2 N–H and O–H groups in total. The Labute approximate surface area is 369 Å². The van der Waals surface area contributed by atoms with Crippen molar-refractivity contribution in [2.24, 2.45) is 0 Å². The first-order chi connectivity index (χ1) is 30.6. The van der Waals surface area contributed by atoms with Gasteiger partial charge in [-0.25, -0.2) is 0 Å². The lowest BCUT2D eigenvalue weighted by Gasteiger charge is -2.14. The largest absolute Gasteiger partial charge is 0.448 e. The summed E-state index contributed by atoms with van der Waals surface area (Å²) in [6.45, 7) is 12.5. The van der Waals surface area contributed by atoms with Gasteiger partial charge in [-0.1, -0.05) is 182 Å². The van der Waals surface area contributed by atoms with Crippen molar-refractivity contribution in [1.29, 1.82) is 0 Å². The fourth-order valence-electron chi connectivity index (χ4n) is 9.85. The Morgan fingerprint density at radius 1 is 0.254 bits per heavy atom. The molecule has 0 aliphatic rings. The van der Waals surface area contributed by atoms with Gasteiger partial charge in [0.15, 0.2) is 0 Å². The van der Waals surface area contributed by atoms with E-state index in [9.17, 15) is 0 Å². The minimum Gasteiger partial charge on any atom is -0.427 e. The van der Waals surface area contributed by atoms with Gasteiger partial charge in [-0.3, -0.25) is 0 Å². The summed E-state index contributed by atoms with van der Waals surface area (Å²) in [5.41, 5.74) is 6.91. The van der Waals surface area contributed by atoms with Gasteiger partial charge in [-0.2, -0.15) is 0 Å². The second-order valence-corrected chi connectivity index (χ2v) is 16.7. The van der Waals surface area contributed by atoms with Gasteiger partial charge in [0, 0.05) is 0 Å². The lowest BCUT2D eigenvalue weighted by atomic mass is 9.90. The number of aryl methyl sites for hydroxylation is 5. The third-order valence-corrected chi connectivity index (χ3v) is 12.9. The number of benzene rings is 12. The summed E-state index contributed by atoms with van der Waals surface area (Å²) in [4.78, 5) is 0. The summed E-state index contributed by atoms with van der Waals surface area (Å²) in [6, 6.07) is 67.8. The zero-order valence-electron chi connectivity index (χ0n) is 36.9. The molecule has 0 fully saturated rings. The first-order valence-electron chi connectivity index (χ1n) is 21.9. The van der Waals surface area contributed by atoms with Crippen LogP contribution in [-0.4, -0.2) is 17.2 Å². The van der Waals surface area contributed by atoms with Crippen LogP contribution in [0.15, 0.2) is 188 Å². The maximum Gasteiger partial charge on any atom is 0.448 e. The van der Waals surface area contributed by atoms with Gasteiger partial charge in [0.05, 0.1) is 0 Å². The molecule has 0 amide bonds. The molecule has 0 aliphatic carbocycles. The molecule has 0 aliphatic heterocycles. The van der Waals surface area contributed by atoms with Crippen LogP contribution in [0.4, 0.5) is 0 Å². The van der Waals surface area contributed by atoms with Gasteiger partial charge in [-0.05, 0) is 172 Å². The van der Waals surface area contributed by atoms with Crippen molar-refractivity contribution in [3.63, 3.8) is 0 Å². The van der Waals surface area contributed by atoms with E-state index in [4.69, 9.17) is 10.0 Å². The zero-order valence-corrected chi connectivity index (χ0v) is 36.9. The Kier molecular flexibility index (Phi) is 11.4. The van der Waals surface area contributed by atoms with Gasteiger partial charge < -0.3 is 10.0 Å². The first kappa shape index (κ1) is 41.3. The maximum absolute atomic E-state index is 7.61. The monoisotopic (exact) mass is 814 g/mol. The summed E-state index contributed by atoms with van der Waals surface area (Å²) in [6.07, 6.45) is 0. The van der Waals surface area contributed by atoms with Crippen molar-refractivity contribution < 1.29 is 10.0 Å². The molecule has 0 radical (unpaired) electrons. The molecular weight excluding hydrogens is 763 g/mol. The number of hydrogen-bond acceptors (Lipinski definition) is 2. The van der Waals surface area contributed by atoms with Gasteiger partial charge >= 0.3 is 7.12 Å². The lowest BCUT2D eigenvalue weighted by Crippen LogP contribution is -2.00. The minimum absolute atomic E-state index is 1.17. The normalized spacial score (nSPS) is 11.2. The highest BCUT2D eigenvalue weighted by atomic mass is 16.4. The maximum atomic E-state index is 7.61. The molecule has 0 aromatic heterocycles. The van der Waals surface area contributed by atoms with E-state index in [0.717, 1.165) is 0 Å². The highest BCUT2D eigenvalue weighted by Gasteiger charge is 2.12. The second-order valence-electron chi connectivity index (χ2n) is 16.7. The standard InChI is InChI=1S/2C20H16.C19H14.CH5BO2/c2*1-13-16-8-5-6-9-17(16)14(2)20-18(13)12-11-15-7-3-4-10-19(15)20;1-13-16-8-4-3-7-15(16)12-19-17(13)11-10-14-6-2-5-9-18(14)19;1-2(3)4/h2*3-12H,1-2H3;2-12H,1H3;3-4H,1H3. The zero-order chi connectivity index (χ0) is 43.8. The third-order valence-electron chi connectivity index (χ3n) is 12.9. The Morgan fingerprint density at radius 2 is 0.524 bits per heavy atom. The van der Waals surface area contributed by atoms with Crippen molar-refractivity contribution in [1.82, 2.24) is 0 Å². The van der Waals surface area contributed by atoms with Crippen molar-refractivity contribution in [2.45, 2.75) is 41.4 Å². The molecule has 0 spiro atoms. The predicted octanol–water partition coefficient (Wildman–Crippen LogP) is 16.1. The van der Waals surface area contributed by atoms with Crippen molar-refractivity contribution in [3.8, 4) is 0 Å². The van der Waals surface area contributed by atoms with E-state index in [1.807, 2.05) is 0 Å². The number of fused-ring (bicyclic) bond motifs is 12. The van der Waals surface area contributed by atoms with Gasteiger partial charge in [0.25, 0.3) is 0 Å². The van der Waals surface area contributed by atoms with E-state index < -0.39 is 7.12 Å². The predicted molar refractivity (Wildman–Crippen MR) is 277 cm³/mol. The van der Waals surface area contributed by atoms with Gasteiger partial charge in [-0.15, -0.1) is 0 Å². The molecule has 12 aromatic carbocycles. The summed E-state index contributed by atoms with van der Waals surface area (Å²) < 4.78 is 0. The summed E-state index contributed by atoms with van der Waals surface area (Å²) in [5, 5.41) is 39.6. The molecule has 63 heavy (non-hydrogen) atoms. The molecule has 12 aromatic rings. The van der Waals surface area contributed by atoms with E-state index in [0.29, 0.717) is 0 Å². The Balaban J connectivity index is 0.000000115. The smallest absolute Gasteiger partial charge is 0.427 e. The molecular formula is C60H51BO2. The Hall–Kier alpha value is -7.04. The fraction of sp³-hybridized carbons (Fsp3) is 0.100.